The molecule has 24 heavy (non-hydrogen) atoms. The Kier molecular flexibility index (Phi) is 5.58. The zero-order valence-corrected chi connectivity index (χ0v) is 14.1. The number of hydrogen-bond acceptors (Lipinski definition) is 4. The summed E-state index contributed by atoms with van der Waals surface area (Å²) in [6.45, 7) is 5.59. The number of nitrogens with zero attached hydrogens (tertiary/aromatic N) is 1. The molecule has 0 unspecified atom stereocenters. The first-order chi connectivity index (χ1) is 11.3. The number of hydrogen-bond donors (Lipinski definition) is 0. The van der Waals surface area contributed by atoms with E-state index in [2.05, 4.69) is 0 Å². The Hall–Kier alpha value is -2.82. The van der Waals surface area contributed by atoms with Crippen LogP contribution in [0.1, 0.15) is 32.0 Å². The molecule has 0 fully saturated rings. The summed E-state index contributed by atoms with van der Waals surface area (Å²) < 4.78 is 11.8. The molecule has 0 amide bonds. The molecule has 0 aliphatic rings. The number of benzene rings is 1. The maximum absolute atomic E-state index is 12.1. The molecule has 1 aromatic carbocycles. The van der Waals surface area contributed by atoms with Crippen molar-refractivity contribution in [2.24, 2.45) is 0 Å². The number of rotatable bonds is 4. The summed E-state index contributed by atoms with van der Waals surface area (Å²) in [6, 6.07) is 12.8. The Labute approximate surface area is 141 Å². The fourth-order valence-electron chi connectivity index (χ4n) is 1.94. The van der Waals surface area contributed by atoms with Crippen LogP contribution in [0.3, 0.4) is 0 Å². The molecule has 2 rings (SSSR count). The van der Waals surface area contributed by atoms with Crippen molar-refractivity contribution in [1.29, 1.82) is 0 Å². The Morgan fingerprint density at radius 2 is 1.79 bits per heavy atom. The zero-order chi connectivity index (χ0) is 17.6. The molecule has 0 aliphatic heterocycles. The number of carbonyl (C=O) groups excluding carboxylic acids is 2. The van der Waals surface area contributed by atoms with E-state index in [4.69, 9.17) is 9.47 Å². The highest BCUT2D eigenvalue weighted by Crippen LogP contribution is 2.12. The van der Waals surface area contributed by atoms with Crippen LogP contribution in [0.15, 0.2) is 54.7 Å². The van der Waals surface area contributed by atoms with Gasteiger partial charge in [-0.15, -0.1) is 0 Å². The lowest BCUT2D eigenvalue weighted by atomic mass is 10.2. The molecule has 0 saturated carbocycles. The second-order valence-corrected chi connectivity index (χ2v) is 6.21. The molecule has 5 heteroatoms. The van der Waals surface area contributed by atoms with Gasteiger partial charge >= 0.3 is 12.1 Å². The van der Waals surface area contributed by atoms with Gasteiger partial charge in [-0.25, -0.2) is 9.59 Å². The van der Waals surface area contributed by atoms with Crippen LogP contribution in [0, 0.1) is 0 Å². The molecule has 0 spiro atoms. The van der Waals surface area contributed by atoms with E-state index >= 15 is 0 Å². The summed E-state index contributed by atoms with van der Waals surface area (Å²) in [5.41, 5.74) is 0.869. The molecule has 0 aliphatic carbocycles. The summed E-state index contributed by atoms with van der Waals surface area (Å²) in [5.74, 6) is -0.476. The van der Waals surface area contributed by atoms with Crippen molar-refractivity contribution in [3.05, 3.63) is 66.0 Å². The van der Waals surface area contributed by atoms with E-state index in [0.717, 1.165) is 5.56 Å². The smallest absolute Gasteiger partial charge is 0.418 e. The van der Waals surface area contributed by atoms with E-state index in [-0.39, 0.29) is 6.61 Å². The zero-order valence-electron chi connectivity index (χ0n) is 14.1. The predicted octanol–water partition coefficient (Wildman–Crippen LogP) is 4.03. The molecule has 0 atom stereocenters. The van der Waals surface area contributed by atoms with Crippen LogP contribution in [0.2, 0.25) is 0 Å². The van der Waals surface area contributed by atoms with Crippen LogP contribution in [-0.2, 0) is 20.9 Å². The summed E-state index contributed by atoms with van der Waals surface area (Å²) in [6.07, 6.45) is 3.91. The van der Waals surface area contributed by atoms with Crippen molar-refractivity contribution in [2.45, 2.75) is 33.0 Å². The minimum absolute atomic E-state index is 0.205. The van der Waals surface area contributed by atoms with Crippen molar-refractivity contribution in [3.63, 3.8) is 0 Å². The maximum atomic E-state index is 12.1. The quantitative estimate of drug-likeness (QED) is 0.628. The first-order valence-electron chi connectivity index (χ1n) is 7.64. The Morgan fingerprint density at radius 3 is 2.46 bits per heavy atom. The van der Waals surface area contributed by atoms with Gasteiger partial charge in [0, 0.05) is 12.3 Å². The molecular formula is C19H21NO4. The molecule has 5 nitrogen and oxygen atoms in total. The highest BCUT2D eigenvalue weighted by atomic mass is 16.6. The SMILES string of the molecule is CC(C)(C)OC(=O)n1cccc1/C=C/C(=O)OCc1ccccc1. The Bertz CT molecular complexity index is 723. The highest BCUT2D eigenvalue weighted by Gasteiger charge is 2.18. The molecule has 0 bridgehead atoms. The lowest BCUT2D eigenvalue weighted by molar-refractivity contribution is -0.138. The third kappa shape index (κ3) is 5.43. The second-order valence-electron chi connectivity index (χ2n) is 6.21. The van der Waals surface area contributed by atoms with E-state index < -0.39 is 17.7 Å². The monoisotopic (exact) mass is 327 g/mol. The van der Waals surface area contributed by atoms with E-state index in [0.29, 0.717) is 5.69 Å². The number of aromatic nitrogens is 1. The van der Waals surface area contributed by atoms with Gasteiger partial charge in [-0.05, 0) is 44.5 Å². The molecule has 0 saturated heterocycles. The predicted molar refractivity (Wildman–Crippen MR) is 91.3 cm³/mol. The molecule has 0 radical (unpaired) electrons. The van der Waals surface area contributed by atoms with Gasteiger partial charge in [0.25, 0.3) is 0 Å². The molecule has 126 valence electrons. The molecule has 1 aromatic heterocycles. The van der Waals surface area contributed by atoms with Gasteiger partial charge in [0.1, 0.15) is 12.2 Å². The summed E-state index contributed by atoms with van der Waals surface area (Å²) in [7, 11) is 0. The standard InChI is InChI=1S/C19H21NO4/c1-19(2,3)24-18(22)20-13-7-10-16(20)11-12-17(21)23-14-15-8-5-4-6-9-15/h4-13H,14H2,1-3H3/b12-11+. The Morgan fingerprint density at radius 1 is 1.08 bits per heavy atom. The fourth-order valence-corrected chi connectivity index (χ4v) is 1.94. The Balaban J connectivity index is 1.96. The van der Waals surface area contributed by atoms with Gasteiger partial charge in [0.05, 0.1) is 5.69 Å². The average molecular weight is 327 g/mol. The minimum Gasteiger partial charge on any atom is -0.458 e. The average Bonchev–Trinajstić information content (AvgIpc) is 2.99. The summed E-state index contributed by atoms with van der Waals surface area (Å²) >= 11 is 0. The van der Waals surface area contributed by atoms with Crippen LogP contribution < -0.4 is 0 Å². The number of ether oxygens (including phenoxy) is 2. The lowest BCUT2D eigenvalue weighted by Crippen LogP contribution is -2.27. The van der Waals surface area contributed by atoms with Crippen molar-refractivity contribution in [3.8, 4) is 0 Å². The number of esters is 1. The number of carbonyl (C=O) groups is 2. The van der Waals surface area contributed by atoms with Crippen molar-refractivity contribution >= 4 is 18.1 Å². The molecule has 1 heterocycles. The largest absolute Gasteiger partial charge is 0.458 e. The van der Waals surface area contributed by atoms with Gasteiger partial charge in [-0.2, -0.15) is 0 Å². The molecule has 2 aromatic rings. The normalized spacial score (nSPS) is 11.5. The van der Waals surface area contributed by atoms with Gasteiger partial charge in [-0.3, -0.25) is 4.57 Å². The van der Waals surface area contributed by atoms with Gasteiger partial charge in [0.2, 0.25) is 0 Å². The third-order valence-electron chi connectivity index (χ3n) is 2.98. The van der Waals surface area contributed by atoms with Crippen molar-refractivity contribution in [1.82, 2.24) is 4.57 Å². The van der Waals surface area contributed by atoms with Crippen LogP contribution in [0.4, 0.5) is 4.79 Å². The van der Waals surface area contributed by atoms with E-state index in [1.165, 1.54) is 16.7 Å². The van der Waals surface area contributed by atoms with Crippen LogP contribution in [0.5, 0.6) is 0 Å². The minimum atomic E-state index is -0.586. The van der Waals surface area contributed by atoms with Crippen LogP contribution in [-0.4, -0.2) is 22.2 Å². The van der Waals surface area contributed by atoms with E-state index in [9.17, 15) is 9.59 Å². The maximum Gasteiger partial charge on any atom is 0.418 e. The van der Waals surface area contributed by atoms with Gasteiger partial charge in [0.15, 0.2) is 0 Å². The molecular weight excluding hydrogens is 306 g/mol. The first-order valence-corrected chi connectivity index (χ1v) is 7.64. The summed E-state index contributed by atoms with van der Waals surface area (Å²) in [5, 5.41) is 0. The van der Waals surface area contributed by atoms with Gasteiger partial charge < -0.3 is 9.47 Å². The van der Waals surface area contributed by atoms with E-state index in [1.54, 1.807) is 39.1 Å². The lowest BCUT2D eigenvalue weighted by Gasteiger charge is -2.20. The molecule has 0 N–H and O–H groups in total. The topological polar surface area (TPSA) is 57.5 Å². The first kappa shape index (κ1) is 17.5. The van der Waals surface area contributed by atoms with Crippen molar-refractivity contribution < 1.29 is 19.1 Å². The fraction of sp³-hybridized carbons (Fsp3) is 0.263. The second kappa shape index (κ2) is 7.64. The highest BCUT2D eigenvalue weighted by molar-refractivity contribution is 5.87. The van der Waals surface area contributed by atoms with E-state index in [1.807, 2.05) is 30.3 Å². The van der Waals surface area contributed by atoms with Crippen molar-refractivity contribution in [2.75, 3.05) is 0 Å². The van der Waals surface area contributed by atoms with Gasteiger partial charge in [-0.1, -0.05) is 30.3 Å². The third-order valence-corrected chi connectivity index (χ3v) is 2.98. The van der Waals surface area contributed by atoms with Crippen LogP contribution in [0.25, 0.3) is 6.08 Å². The van der Waals surface area contributed by atoms with Crippen LogP contribution >= 0.6 is 0 Å². The summed E-state index contributed by atoms with van der Waals surface area (Å²) in [4.78, 5) is 23.9.